The molecular weight excluding hydrogens is 272 g/mol. The monoisotopic (exact) mass is 292 g/mol. The summed E-state index contributed by atoms with van der Waals surface area (Å²) in [7, 11) is 0. The average molecular weight is 292 g/mol. The minimum atomic E-state index is -1.04. The lowest BCUT2D eigenvalue weighted by atomic mass is 9.99. The highest BCUT2D eigenvalue weighted by Crippen LogP contribution is 2.13. The Morgan fingerprint density at radius 2 is 1.95 bits per heavy atom. The number of carbonyl (C=O) groups is 2. The van der Waals surface area contributed by atoms with E-state index in [-0.39, 0.29) is 18.3 Å². The molecule has 0 aliphatic carbocycles. The fourth-order valence-electron chi connectivity index (χ4n) is 2.30. The highest BCUT2D eigenvalue weighted by Gasteiger charge is 2.25. The second-order valence-electron chi connectivity index (χ2n) is 5.14. The number of hydrogen-bond acceptors (Lipinski definition) is 5. The summed E-state index contributed by atoms with van der Waals surface area (Å²) in [6.45, 7) is 1.57. The number of benzene rings is 1. The summed E-state index contributed by atoms with van der Waals surface area (Å²) < 4.78 is 0. The maximum Gasteiger partial charge on any atom is 0.327 e. The molecule has 2 rings (SSSR count). The Hall–Kier alpha value is -1.92. The van der Waals surface area contributed by atoms with Crippen molar-refractivity contribution >= 4 is 11.9 Å². The third-order valence-corrected chi connectivity index (χ3v) is 3.56. The van der Waals surface area contributed by atoms with E-state index in [2.05, 4.69) is 10.8 Å². The molecule has 0 spiro atoms. The molecule has 114 valence electrons. The van der Waals surface area contributed by atoms with Crippen LogP contribution in [-0.2, 0) is 20.8 Å². The number of hydroxylamine groups is 1. The fraction of sp³-hybridized carbons (Fsp3) is 0.467. The van der Waals surface area contributed by atoms with Gasteiger partial charge in [0.2, 0.25) is 0 Å². The van der Waals surface area contributed by atoms with Gasteiger partial charge in [0.25, 0.3) is 0 Å². The predicted molar refractivity (Wildman–Crippen MR) is 76.4 cm³/mol. The van der Waals surface area contributed by atoms with E-state index in [4.69, 9.17) is 4.84 Å². The smallest absolute Gasteiger partial charge is 0.327 e. The average Bonchev–Trinajstić information content (AvgIpc) is 2.52. The Kier molecular flexibility index (Phi) is 5.71. The van der Waals surface area contributed by atoms with Gasteiger partial charge < -0.3 is 15.3 Å². The first-order valence-corrected chi connectivity index (χ1v) is 7.10. The second kappa shape index (κ2) is 7.75. The van der Waals surface area contributed by atoms with Crippen LogP contribution < -0.4 is 10.8 Å². The van der Waals surface area contributed by atoms with Gasteiger partial charge in [0.15, 0.2) is 0 Å². The van der Waals surface area contributed by atoms with Crippen LogP contribution >= 0.6 is 0 Å². The van der Waals surface area contributed by atoms with Gasteiger partial charge in [-0.2, -0.15) is 0 Å². The Labute approximate surface area is 123 Å². The van der Waals surface area contributed by atoms with Gasteiger partial charge in [0, 0.05) is 6.42 Å². The van der Waals surface area contributed by atoms with Gasteiger partial charge in [-0.1, -0.05) is 30.3 Å². The minimum Gasteiger partial charge on any atom is -0.480 e. The first-order chi connectivity index (χ1) is 10.2. The number of carboxylic acid groups (broad SMARTS) is 1. The van der Waals surface area contributed by atoms with Crippen molar-refractivity contribution < 1.29 is 19.5 Å². The molecule has 6 heteroatoms. The van der Waals surface area contributed by atoms with Gasteiger partial charge in [0.1, 0.15) is 6.04 Å². The van der Waals surface area contributed by atoms with Gasteiger partial charge in [-0.25, -0.2) is 0 Å². The maximum atomic E-state index is 11.9. The van der Waals surface area contributed by atoms with Gasteiger partial charge >= 0.3 is 11.9 Å². The van der Waals surface area contributed by atoms with E-state index in [9.17, 15) is 14.7 Å². The van der Waals surface area contributed by atoms with E-state index < -0.39 is 12.0 Å². The molecule has 0 aromatic heterocycles. The van der Waals surface area contributed by atoms with Crippen LogP contribution in [0.4, 0.5) is 0 Å². The summed E-state index contributed by atoms with van der Waals surface area (Å²) in [5.74, 6) is -1.59. The standard InChI is InChI=1S/C15H20N2O4/c18-14(19)13(10-11-4-2-1-3-5-11)17-21-15(20)12-6-8-16-9-7-12/h1-5,12-13,16-17H,6-10H2,(H,18,19). The van der Waals surface area contributed by atoms with E-state index >= 15 is 0 Å². The highest BCUT2D eigenvalue weighted by atomic mass is 16.7. The molecular formula is C15H20N2O4. The summed E-state index contributed by atoms with van der Waals surface area (Å²) in [4.78, 5) is 28.1. The molecule has 1 aromatic rings. The molecule has 1 aliphatic rings. The third-order valence-electron chi connectivity index (χ3n) is 3.56. The molecule has 0 radical (unpaired) electrons. The molecule has 1 heterocycles. The highest BCUT2D eigenvalue weighted by molar-refractivity contribution is 5.75. The molecule has 1 aromatic carbocycles. The first kappa shape index (κ1) is 15.5. The Morgan fingerprint density at radius 3 is 2.57 bits per heavy atom. The van der Waals surface area contributed by atoms with Crippen molar-refractivity contribution in [1.29, 1.82) is 0 Å². The molecule has 21 heavy (non-hydrogen) atoms. The number of nitrogens with one attached hydrogen (secondary N) is 2. The van der Waals surface area contributed by atoms with Crippen molar-refractivity contribution in [3.63, 3.8) is 0 Å². The number of carbonyl (C=O) groups excluding carboxylic acids is 1. The van der Waals surface area contributed by atoms with Gasteiger partial charge in [-0.3, -0.25) is 9.59 Å². The molecule has 6 nitrogen and oxygen atoms in total. The zero-order valence-electron chi connectivity index (χ0n) is 11.7. The zero-order chi connectivity index (χ0) is 15.1. The Balaban J connectivity index is 1.85. The van der Waals surface area contributed by atoms with E-state index in [1.807, 2.05) is 30.3 Å². The van der Waals surface area contributed by atoms with Crippen LogP contribution in [0.2, 0.25) is 0 Å². The van der Waals surface area contributed by atoms with Gasteiger partial charge in [0.05, 0.1) is 5.92 Å². The van der Waals surface area contributed by atoms with Gasteiger partial charge in [-0.05, 0) is 31.5 Å². The molecule has 1 aliphatic heterocycles. The van der Waals surface area contributed by atoms with Crippen LogP contribution in [-0.4, -0.2) is 36.2 Å². The lowest BCUT2D eigenvalue weighted by Crippen LogP contribution is -2.42. The molecule has 1 unspecified atom stereocenters. The van der Waals surface area contributed by atoms with Crippen LogP contribution in [0.25, 0.3) is 0 Å². The molecule has 1 saturated heterocycles. The Morgan fingerprint density at radius 1 is 1.29 bits per heavy atom. The Bertz CT molecular complexity index is 472. The van der Waals surface area contributed by atoms with E-state index in [1.165, 1.54) is 0 Å². The predicted octanol–water partition coefficient (Wildman–Crippen LogP) is 0.730. The van der Waals surface area contributed by atoms with Crippen LogP contribution in [0.5, 0.6) is 0 Å². The molecule has 0 saturated carbocycles. The van der Waals surface area contributed by atoms with E-state index in [0.29, 0.717) is 0 Å². The van der Waals surface area contributed by atoms with Crippen molar-refractivity contribution in [2.45, 2.75) is 25.3 Å². The van der Waals surface area contributed by atoms with Crippen LogP contribution in [0.15, 0.2) is 30.3 Å². The lowest BCUT2D eigenvalue weighted by Gasteiger charge is -2.22. The van der Waals surface area contributed by atoms with Crippen molar-refractivity contribution in [2.75, 3.05) is 13.1 Å². The third kappa shape index (κ3) is 4.84. The minimum absolute atomic E-state index is 0.162. The molecule has 0 amide bonds. The van der Waals surface area contributed by atoms with Crippen LogP contribution in [0.3, 0.4) is 0 Å². The molecule has 3 N–H and O–H groups in total. The summed E-state index contributed by atoms with van der Waals surface area (Å²) in [6, 6.07) is 8.28. The number of piperidine rings is 1. The van der Waals surface area contributed by atoms with Crippen molar-refractivity contribution in [3.05, 3.63) is 35.9 Å². The fourth-order valence-corrected chi connectivity index (χ4v) is 2.30. The van der Waals surface area contributed by atoms with Crippen LogP contribution in [0.1, 0.15) is 18.4 Å². The number of rotatable bonds is 6. The quantitative estimate of drug-likeness (QED) is 0.670. The number of aliphatic carboxylic acids is 1. The van der Waals surface area contributed by atoms with Gasteiger partial charge in [-0.15, -0.1) is 5.48 Å². The maximum absolute atomic E-state index is 11.9. The first-order valence-electron chi connectivity index (χ1n) is 7.10. The zero-order valence-corrected chi connectivity index (χ0v) is 11.7. The van der Waals surface area contributed by atoms with E-state index in [1.54, 1.807) is 0 Å². The molecule has 1 atom stereocenters. The second-order valence-corrected chi connectivity index (χ2v) is 5.14. The summed E-state index contributed by atoms with van der Waals surface area (Å²) in [5.41, 5.74) is 3.27. The largest absolute Gasteiger partial charge is 0.480 e. The molecule has 0 bridgehead atoms. The van der Waals surface area contributed by atoms with Crippen molar-refractivity contribution in [2.24, 2.45) is 5.92 Å². The normalized spacial score (nSPS) is 17.1. The van der Waals surface area contributed by atoms with E-state index in [0.717, 1.165) is 31.5 Å². The summed E-state index contributed by atoms with van der Waals surface area (Å²) >= 11 is 0. The summed E-state index contributed by atoms with van der Waals surface area (Å²) in [5, 5.41) is 12.4. The van der Waals surface area contributed by atoms with Crippen molar-refractivity contribution in [1.82, 2.24) is 10.8 Å². The SMILES string of the molecule is O=C(ONC(Cc1ccccc1)C(=O)O)C1CCNCC1. The topological polar surface area (TPSA) is 87.7 Å². The number of hydrogen-bond donors (Lipinski definition) is 3. The van der Waals surface area contributed by atoms with Crippen molar-refractivity contribution in [3.8, 4) is 0 Å². The summed E-state index contributed by atoms with van der Waals surface area (Å²) in [6.07, 6.45) is 1.70. The number of carboxylic acids is 1. The lowest BCUT2D eigenvalue weighted by molar-refractivity contribution is -0.162. The van der Waals surface area contributed by atoms with Crippen LogP contribution in [0, 0.1) is 5.92 Å². The molecule has 1 fully saturated rings.